The van der Waals surface area contributed by atoms with E-state index in [-0.39, 0.29) is 11.7 Å². The molecule has 2 heterocycles. The van der Waals surface area contributed by atoms with Crippen molar-refractivity contribution in [3.8, 4) is 0 Å². The van der Waals surface area contributed by atoms with Crippen molar-refractivity contribution >= 4 is 34.0 Å². The molecule has 3 aromatic rings. The average molecular weight is 370 g/mol. The van der Waals surface area contributed by atoms with E-state index in [1.54, 1.807) is 36.4 Å². The highest BCUT2D eigenvalue weighted by Gasteiger charge is 2.16. The lowest BCUT2D eigenvalue weighted by molar-refractivity contribution is 0.0996. The molecule has 134 valence electrons. The second kappa shape index (κ2) is 8.39. The number of anilines is 2. The number of amides is 2. The first kappa shape index (κ1) is 17.8. The smallest absolute Gasteiger partial charge is 0.291 e. The molecule has 0 aliphatic rings. The first-order valence-corrected chi connectivity index (χ1v) is 9.06. The second-order valence-corrected chi connectivity index (χ2v) is 6.60. The quantitative estimate of drug-likeness (QED) is 0.656. The Balaban J connectivity index is 1.71. The van der Waals surface area contributed by atoms with Crippen LogP contribution < -0.4 is 10.6 Å². The van der Waals surface area contributed by atoms with Gasteiger partial charge < -0.3 is 9.73 Å². The second-order valence-electron chi connectivity index (χ2n) is 5.54. The molecule has 3 rings (SSSR count). The van der Waals surface area contributed by atoms with Crippen LogP contribution in [0.4, 0.5) is 10.8 Å². The molecule has 0 unspecified atom stereocenters. The van der Waals surface area contributed by atoms with Crippen molar-refractivity contribution in [3.05, 3.63) is 59.0 Å². The molecule has 2 amide bonds. The van der Waals surface area contributed by atoms with Crippen LogP contribution in [0, 0.1) is 0 Å². The van der Waals surface area contributed by atoms with Gasteiger partial charge in [-0.25, -0.2) is 0 Å². The number of nitrogens with one attached hydrogen (secondary N) is 2. The van der Waals surface area contributed by atoms with Crippen molar-refractivity contribution in [3.63, 3.8) is 0 Å². The third kappa shape index (κ3) is 4.34. The van der Waals surface area contributed by atoms with Crippen LogP contribution in [0.5, 0.6) is 0 Å². The number of nitrogens with zero attached hydrogens (tertiary/aromatic N) is 2. The van der Waals surface area contributed by atoms with Crippen LogP contribution in [0.25, 0.3) is 0 Å². The molecular weight excluding hydrogens is 352 g/mol. The van der Waals surface area contributed by atoms with E-state index < -0.39 is 5.91 Å². The van der Waals surface area contributed by atoms with Gasteiger partial charge in [0.2, 0.25) is 5.13 Å². The summed E-state index contributed by atoms with van der Waals surface area (Å²) in [7, 11) is 0. The summed E-state index contributed by atoms with van der Waals surface area (Å²) in [6, 6.07) is 9.93. The minimum Gasteiger partial charge on any atom is -0.459 e. The molecule has 0 saturated carbocycles. The number of carbonyl (C=O) groups excluding carboxylic acids is 2. The first-order valence-electron chi connectivity index (χ1n) is 8.25. The number of unbranched alkanes of at least 4 members (excludes halogenated alkanes) is 1. The minimum absolute atomic E-state index is 0.171. The molecule has 8 heteroatoms. The monoisotopic (exact) mass is 370 g/mol. The number of hydrogen-bond acceptors (Lipinski definition) is 6. The number of aromatic nitrogens is 2. The van der Waals surface area contributed by atoms with Crippen LogP contribution in [-0.2, 0) is 6.42 Å². The number of carbonyl (C=O) groups is 2. The van der Waals surface area contributed by atoms with E-state index >= 15 is 0 Å². The maximum atomic E-state index is 12.6. The number of hydrogen-bond donors (Lipinski definition) is 2. The van der Waals surface area contributed by atoms with Gasteiger partial charge in [0.05, 0.1) is 17.5 Å². The van der Waals surface area contributed by atoms with E-state index in [2.05, 4.69) is 27.8 Å². The van der Waals surface area contributed by atoms with Gasteiger partial charge in [-0.15, -0.1) is 10.2 Å². The lowest BCUT2D eigenvalue weighted by Gasteiger charge is -2.09. The zero-order chi connectivity index (χ0) is 18.4. The Morgan fingerprint density at radius 2 is 1.92 bits per heavy atom. The van der Waals surface area contributed by atoms with Crippen LogP contribution in [0.2, 0.25) is 0 Å². The molecule has 7 nitrogen and oxygen atoms in total. The standard InChI is InChI=1S/C18H18N4O3S/c1-2-3-10-15-21-22-18(26-15)20-16(23)12-7-4-5-8-13(12)19-17(24)14-9-6-11-25-14/h4-9,11H,2-3,10H2,1H3,(H,19,24)(H,20,22,23). The van der Waals surface area contributed by atoms with Gasteiger partial charge in [0, 0.05) is 6.42 Å². The third-order valence-corrected chi connectivity index (χ3v) is 4.49. The van der Waals surface area contributed by atoms with Gasteiger partial charge in [-0.1, -0.05) is 36.8 Å². The summed E-state index contributed by atoms with van der Waals surface area (Å²) < 4.78 is 5.07. The number of benzene rings is 1. The molecule has 2 aromatic heterocycles. The molecular formula is C18H18N4O3S. The van der Waals surface area contributed by atoms with Gasteiger partial charge in [-0.05, 0) is 30.7 Å². The lowest BCUT2D eigenvalue weighted by atomic mass is 10.1. The van der Waals surface area contributed by atoms with Crippen molar-refractivity contribution in [2.75, 3.05) is 10.6 Å². The highest BCUT2D eigenvalue weighted by atomic mass is 32.1. The van der Waals surface area contributed by atoms with E-state index in [1.807, 2.05) is 0 Å². The summed E-state index contributed by atoms with van der Waals surface area (Å²) in [4.78, 5) is 24.7. The maximum absolute atomic E-state index is 12.6. The Morgan fingerprint density at radius 3 is 2.69 bits per heavy atom. The van der Waals surface area contributed by atoms with E-state index in [0.29, 0.717) is 16.4 Å². The highest BCUT2D eigenvalue weighted by molar-refractivity contribution is 7.15. The van der Waals surface area contributed by atoms with Crippen molar-refractivity contribution in [1.29, 1.82) is 0 Å². The number of para-hydroxylation sites is 1. The lowest BCUT2D eigenvalue weighted by Crippen LogP contribution is -2.17. The molecule has 0 aliphatic carbocycles. The predicted octanol–water partition coefficient (Wildman–Crippen LogP) is 3.98. The number of furan rings is 1. The molecule has 0 spiro atoms. The van der Waals surface area contributed by atoms with Crippen molar-refractivity contribution in [1.82, 2.24) is 10.2 Å². The Hall–Kier alpha value is -3.00. The minimum atomic E-state index is -0.423. The van der Waals surface area contributed by atoms with E-state index in [0.717, 1.165) is 24.3 Å². The average Bonchev–Trinajstić information content (AvgIpc) is 3.32. The molecule has 0 bridgehead atoms. The van der Waals surface area contributed by atoms with Gasteiger partial charge in [0.15, 0.2) is 5.76 Å². The van der Waals surface area contributed by atoms with E-state index in [9.17, 15) is 9.59 Å². The normalized spacial score (nSPS) is 10.5. The summed E-state index contributed by atoms with van der Waals surface area (Å²) in [6.07, 6.45) is 4.37. The van der Waals surface area contributed by atoms with Gasteiger partial charge in [-0.2, -0.15) is 0 Å². The van der Waals surface area contributed by atoms with Crippen LogP contribution in [0.15, 0.2) is 47.1 Å². The topological polar surface area (TPSA) is 97.1 Å². The first-order chi connectivity index (χ1) is 12.7. The molecule has 26 heavy (non-hydrogen) atoms. The molecule has 0 aliphatic heterocycles. The summed E-state index contributed by atoms with van der Waals surface area (Å²) in [5, 5.41) is 14.8. The van der Waals surface area contributed by atoms with E-state index in [1.165, 1.54) is 17.6 Å². The Morgan fingerprint density at radius 1 is 1.08 bits per heavy atom. The SMILES string of the molecule is CCCCc1nnc(NC(=O)c2ccccc2NC(=O)c2ccco2)s1. The van der Waals surface area contributed by atoms with Crippen LogP contribution in [0.3, 0.4) is 0 Å². The summed E-state index contributed by atoms with van der Waals surface area (Å²) in [5.74, 6) is -0.614. The Bertz CT molecular complexity index is 889. The van der Waals surface area contributed by atoms with Crippen LogP contribution >= 0.6 is 11.3 Å². The highest BCUT2D eigenvalue weighted by Crippen LogP contribution is 2.21. The molecule has 2 N–H and O–H groups in total. The summed E-state index contributed by atoms with van der Waals surface area (Å²) in [5.41, 5.74) is 0.722. The van der Waals surface area contributed by atoms with Crippen molar-refractivity contribution in [2.24, 2.45) is 0 Å². The van der Waals surface area contributed by atoms with Crippen LogP contribution in [-0.4, -0.2) is 22.0 Å². The van der Waals surface area contributed by atoms with Gasteiger partial charge >= 0.3 is 0 Å². The molecule has 0 saturated heterocycles. The molecule has 0 radical (unpaired) electrons. The van der Waals surface area contributed by atoms with Crippen molar-refractivity contribution < 1.29 is 14.0 Å². The summed E-state index contributed by atoms with van der Waals surface area (Å²) >= 11 is 1.36. The molecule has 0 atom stereocenters. The van der Waals surface area contributed by atoms with Crippen molar-refractivity contribution in [2.45, 2.75) is 26.2 Å². The Kier molecular flexibility index (Phi) is 5.75. The molecule has 1 aromatic carbocycles. The zero-order valence-electron chi connectivity index (χ0n) is 14.2. The van der Waals surface area contributed by atoms with Gasteiger partial charge in [-0.3, -0.25) is 14.9 Å². The maximum Gasteiger partial charge on any atom is 0.291 e. The fourth-order valence-corrected chi connectivity index (χ4v) is 3.06. The van der Waals surface area contributed by atoms with Gasteiger partial charge in [0.1, 0.15) is 5.01 Å². The largest absolute Gasteiger partial charge is 0.459 e. The van der Waals surface area contributed by atoms with E-state index in [4.69, 9.17) is 4.42 Å². The fraction of sp³-hybridized carbons (Fsp3) is 0.222. The summed E-state index contributed by atoms with van der Waals surface area (Å²) in [6.45, 7) is 2.11. The predicted molar refractivity (Wildman–Crippen MR) is 99.6 cm³/mol. The van der Waals surface area contributed by atoms with Crippen LogP contribution in [0.1, 0.15) is 45.7 Å². The zero-order valence-corrected chi connectivity index (χ0v) is 15.0. The number of rotatable bonds is 7. The Labute approximate surface area is 154 Å². The number of aryl methyl sites for hydroxylation is 1. The fourth-order valence-electron chi connectivity index (χ4n) is 2.28. The third-order valence-electron chi connectivity index (χ3n) is 3.60. The molecule has 0 fully saturated rings. The van der Waals surface area contributed by atoms with Gasteiger partial charge in [0.25, 0.3) is 11.8 Å².